The van der Waals surface area contributed by atoms with Crippen molar-refractivity contribution < 1.29 is 23.6 Å². The lowest BCUT2D eigenvalue weighted by Gasteiger charge is -2.20. The maximum atomic E-state index is 13.2. The summed E-state index contributed by atoms with van der Waals surface area (Å²) in [5.74, 6) is 0.571. The number of imide groups is 1. The van der Waals surface area contributed by atoms with E-state index in [4.69, 9.17) is 9.47 Å². The van der Waals surface area contributed by atoms with E-state index < -0.39 is 0 Å². The topological polar surface area (TPSA) is 59.7 Å². The predicted molar refractivity (Wildman–Crippen MR) is 166 cm³/mol. The van der Waals surface area contributed by atoms with Crippen molar-refractivity contribution in [2.45, 2.75) is 117 Å². The highest BCUT2D eigenvalue weighted by atomic mass is 16.5. The number of benzene rings is 1. The molecule has 0 radical (unpaired) electrons. The molecule has 0 unspecified atom stereocenters. The Morgan fingerprint density at radius 2 is 1.39 bits per heavy atom. The summed E-state index contributed by atoms with van der Waals surface area (Å²) in [5, 5.41) is 0. The number of carbonyl (C=O) groups is 2. The smallest absolute Gasteiger partial charge is 0.260 e. The number of unbranched alkanes of at least 4 members (excludes halogenated alkanes) is 13. The van der Waals surface area contributed by atoms with Gasteiger partial charge in [-0.05, 0) is 31.0 Å². The number of hydrogen-bond acceptors (Lipinski definition) is 4. The van der Waals surface area contributed by atoms with E-state index in [-0.39, 0.29) is 11.8 Å². The van der Waals surface area contributed by atoms with E-state index in [1.165, 1.54) is 88.9 Å². The van der Waals surface area contributed by atoms with Crippen molar-refractivity contribution in [1.29, 1.82) is 0 Å². The van der Waals surface area contributed by atoms with Crippen molar-refractivity contribution in [2.75, 3.05) is 20.3 Å². The van der Waals surface area contributed by atoms with Crippen LogP contribution in [0, 0.1) is 0 Å². The Labute approximate surface area is 249 Å². The van der Waals surface area contributed by atoms with Crippen LogP contribution in [0.4, 0.5) is 0 Å². The van der Waals surface area contributed by atoms with Gasteiger partial charge in [0.15, 0.2) is 23.4 Å². The van der Waals surface area contributed by atoms with Crippen LogP contribution in [0.3, 0.4) is 0 Å². The third kappa shape index (κ3) is 13.5. The molecular weight excluding hydrogens is 512 g/mol. The number of carbonyl (C=O) groups excluding carboxylic acids is 2. The van der Waals surface area contributed by atoms with Crippen molar-refractivity contribution in [3.05, 3.63) is 53.9 Å². The Kier molecular flexibility index (Phi) is 17.5. The van der Waals surface area contributed by atoms with Gasteiger partial charge in [0.05, 0.1) is 13.7 Å². The number of aryl methyl sites for hydroxylation is 2. The molecule has 0 aliphatic rings. The van der Waals surface area contributed by atoms with Gasteiger partial charge in [0.2, 0.25) is 5.91 Å². The zero-order valence-electron chi connectivity index (χ0n) is 26.3. The normalized spacial score (nSPS) is 10.9. The monoisotopic (exact) mass is 567 g/mol. The maximum Gasteiger partial charge on any atom is 0.260 e. The van der Waals surface area contributed by atoms with Crippen LogP contribution in [-0.4, -0.2) is 37.0 Å². The second kappa shape index (κ2) is 20.9. The molecule has 0 aliphatic heterocycles. The molecule has 0 aliphatic carbocycles. The Balaban J connectivity index is 1.67. The fourth-order valence-electron chi connectivity index (χ4n) is 5.19. The van der Waals surface area contributed by atoms with Crippen LogP contribution >= 0.6 is 0 Å². The molecule has 41 heavy (non-hydrogen) atoms. The number of aromatic nitrogens is 1. The molecule has 2 rings (SSSR count). The van der Waals surface area contributed by atoms with E-state index in [1.807, 2.05) is 25.4 Å². The zero-order chi connectivity index (χ0) is 29.7. The third-order valence-electron chi connectivity index (χ3n) is 7.77. The standard InChI is InChI=1S/C35H55N2O4/c1-5-6-7-8-9-10-11-12-13-14-15-16-17-20-28-41-33-25-24-31(29-34(33)40-4)35(39)37(30(2)38)27-21-23-32-22-18-19-26-36(32)3/h18-19,22,24-26,29H,5-17,20-21,23,27-28H2,1-4H3/q+1. The van der Waals surface area contributed by atoms with Crippen molar-refractivity contribution in [2.24, 2.45) is 7.05 Å². The predicted octanol–water partition coefficient (Wildman–Crippen LogP) is 8.00. The first-order valence-electron chi connectivity index (χ1n) is 16.0. The Morgan fingerprint density at radius 3 is 1.95 bits per heavy atom. The number of ether oxygens (including phenoxy) is 2. The van der Waals surface area contributed by atoms with Gasteiger partial charge in [-0.1, -0.05) is 96.5 Å². The summed E-state index contributed by atoms with van der Waals surface area (Å²) in [6.45, 7) is 4.70. The van der Waals surface area contributed by atoms with Crippen LogP contribution in [0.2, 0.25) is 0 Å². The van der Waals surface area contributed by atoms with Gasteiger partial charge in [0.1, 0.15) is 7.05 Å². The fourth-order valence-corrected chi connectivity index (χ4v) is 5.19. The molecule has 0 N–H and O–H groups in total. The molecule has 0 spiro atoms. The Morgan fingerprint density at radius 1 is 0.780 bits per heavy atom. The minimum absolute atomic E-state index is 0.260. The number of amides is 2. The molecule has 0 saturated carbocycles. The summed E-state index contributed by atoms with van der Waals surface area (Å²) in [7, 11) is 3.57. The summed E-state index contributed by atoms with van der Waals surface area (Å²) >= 11 is 0. The molecule has 6 nitrogen and oxygen atoms in total. The van der Waals surface area contributed by atoms with E-state index in [9.17, 15) is 9.59 Å². The zero-order valence-corrected chi connectivity index (χ0v) is 26.3. The lowest BCUT2D eigenvalue weighted by Crippen LogP contribution is -2.37. The number of pyridine rings is 1. The van der Waals surface area contributed by atoms with Crippen LogP contribution in [0.5, 0.6) is 11.5 Å². The van der Waals surface area contributed by atoms with Crippen LogP contribution in [0.1, 0.15) is 126 Å². The highest BCUT2D eigenvalue weighted by molar-refractivity contribution is 6.04. The van der Waals surface area contributed by atoms with Crippen LogP contribution in [-0.2, 0) is 18.3 Å². The van der Waals surface area contributed by atoms with E-state index in [1.54, 1.807) is 25.3 Å². The molecule has 2 aromatic rings. The van der Waals surface area contributed by atoms with Gasteiger partial charge in [-0.3, -0.25) is 14.5 Å². The lowest BCUT2D eigenvalue weighted by molar-refractivity contribution is -0.679. The highest BCUT2D eigenvalue weighted by Gasteiger charge is 2.21. The Hall–Kier alpha value is -2.89. The van der Waals surface area contributed by atoms with Gasteiger partial charge in [-0.2, -0.15) is 0 Å². The van der Waals surface area contributed by atoms with E-state index in [0.717, 1.165) is 25.0 Å². The number of rotatable bonds is 22. The van der Waals surface area contributed by atoms with E-state index in [2.05, 4.69) is 17.6 Å². The fraction of sp³-hybridized carbons (Fsp3) is 0.629. The Bertz CT molecular complexity index is 1020. The molecule has 0 fully saturated rings. The maximum absolute atomic E-state index is 13.2. The quantitative estimate of drug-likeness (QED) is 0.107. The molecule has 2 amide bonds. The van der Waals surface area contributed by atoms with Gasteiger partial charge in [-0.15, -0.1) is 0 Å². The lowest BCUT2D eigenvalue weighted by atomic mass is 10.0. The minimum Gasteiger partial charge on any atom is -0.493 e. The van der Waals surface area contributed by atoms with Gasteiger partial charge in [0, 0.05) is 37.6 Å². The average molecular weight is 568 g/mol. The molecular formula is C35H55N2O4+. The second-order valence-electron chi connectivity index (χ2n) is 11.2. The summed E-state index contributed by atoms with van der Waals surface area (Å²) in [6.07, 6.45) is 22.0. The molecule has 1 aromatic carbocycles. The summed E-state index contributed by atoms with van der Waals surface area (Å²) < 4.78 is 13.6. The van der Waals surface area contributed by atoms with Gasteiger partial charge in [-0.25, -0.2) is 4.57 Å². The highest BCUT2D eigenvalue weighted by Crippen LogP contribution is 2.29. The average Bonchev–Trinajstić information content (AvgIpc) is 2.97. The van der Waals surface area contributed by atoms with Gasteiger partial charge < -0.3 is 9.47 Å². The first-order chi connectivity index (χ1) is 20.0. The van der Waals surface area contributed by atoms with Crippen molar-refractivity contribution in [1.82, 2.24) is 4.90 Å². The summed E-state index contributed by atoms with van der Waals surface area (Å²) in [6, 6.07) is 11.2. The van der Waals surface area contributed by atoms with Crippen LogP contribution in [0.25, 0.3) is 0 Å². The first kappa shape index (κ1) is 34.3. The second-order valence-corrected chi connectivity index (χ2v) is 11.2. The molecule has 1 aromatic heterocycles. The largest absolute Gasteiger partial charge is 0.493 e. The molecule has 228 valence electrons. The van der Waals surface area contributed by atoms with E-state index in [0.29, 0.717) is 36.6 Å². The number of hydrogen-bond donors (Lipinski definition) is 0. The van der Waals surface area contributed by atoms with Gasteiger partial charge >= 0.3 is 0 Å². The van der Waals surface area contributed by atoms with E-state index >= 15 is 0 Å². The molecule has 0 saturated heterocycles. The first-order valence-corrected chi connectivity index (χ1v) is 16.0. The van der Waals surface area contributed by atoms with Gasteiger partial charge in [0.25, 0.3) is 5.91 Å². The van der Waals surface area contributed by atoms with Crippen molar-refractivity contribution in [3.8, 4) is 11.5 Å². The minimum atomic E-state index is -0.313. The molecule has 1 heterocycles. The number of nitrogens with zero attached hydrogens (tertiary/aromatic N) is 2. The number of methoxy groups -OCH3 is 1. The van der Waals surface area contributed by atoms with Crippen molar-refractivity contribution >= 4 is 11.8 Å². The van der Waals surface area contributed by atoms with Crippen LogP contribution < -0.4 is 14.0 Å². The summed E-state index contributed by atoms with van der Waals surface area (Å²) in [5.41, 5.74) is 1.58. The van der Waals surface area contributed by atoms with Crippen molar-refractivity contribution in [3.63, 3.8) is 0 Å². The SMILES string of the molecule is CCCCCCCCCCCCCCCCOc1ccc(C(=O)N(CCCc2cccc[n+]2C)C(C)=O)cc1OC. The van der Waals surface area contributed by atoms with Crippen LogP contribution in [0.15, 0.2) is 42.6 Å². The molecule has 6 heteroatoms. The summed E-state index contributed by atoms with van der Waals surface area (Å²) in [4.78, 5) is 26.8. The third-order valence-corrected chi connectivity index (χ3v) is 7.77. The molecule has 0 bridgehead atoms. The molecule has 0 atom stereocenters.